The third kappa shape index (κ3) is 5.09. The van der Waals surface area contributed by atoms with Crippen molar-refractivity contribution in [3.8, 4) is 11.5 Å². The van der Waals surface area contributed by atoms with Crippen LogP contribution in [0.2, 0.25) is 0 Å². The molecule has 0 atom stereocenters. The second-order valence-electron chi connectivity index (χ2n) is 4.36. The van der Waals surface area contributed by atoms with Crippen molar-refractivity contribution in [2.75, 3.05) is 26.9 Å². The van der Waals surface area contributed by atoms with Gasteiger partial charge in [0, 0.05) is 18.2 Å². The summed E-state index contributed by atoms with van der Waals surface area (Å²) in [4.78, 5) is 0. The first-order valence-corrected chi connectivity index (χ1v) is 6.80. The fourth-order valence-corrected chi connectivity index (χ4v) is 1.66. The highest BCUT2D eigenvalue weighted by Gasteiger charge is 2.09. The van der Waals surface area contributed by atoms with Gasteiger partial charge in [0.25, 0.3) is 0 Å². The largest absolute Gasteiger partial charge is 0.497 e. The molecule has 1 aromatic carbocycles. The Morgan fingerprint density at radius 2 is 2.05 bits per heavy atom. The standard InChI is InChI=1S/C15H23NO4/c1-4-5-8-19-9-10-20-15-11-13(18-3)6-7-14(15)12(2)16-17/h6-7,11,17H,4-5,8-10H2,1-3H3/b16-12+. The Balaban J connectivity index is 2.61. The molecule has 112 valence electrons. The molecule has 0 spiro atoms. The number of nitrogens with zero attached hydrogens (tertiary/aromatic N) is 1. The first kappa shape index (κ1) is 16.3. The smallest absolute Gasteiger partial charge is 0.132 e. The summed E-state index contributed by atoms with van der Waals surface area (Å²) in [5.74, 6) is 1.32. The summed E-state index contributed by atoms with van der Waals surface area (Å²) in [6.07, 6.45) is 2.17. The van der Waals surface area contributed by atoms with Crippen LogP contribution in [0.5, 0.6) is 11.5 Å². The third-order valence-corrected chi connectivity index (χ3v) is 2.86. The van der Waals surface area contributed by atoms with E-state index in [0.717, 1.165) is 25.0 Å². The highest BCUT2D eigenvalue weighted by atomic mass is 16.5. The Labute approximate surface area is 120 Å². The highest BCUT2D eigenvalue weighted by Crippen LogP contribution is 2.25. The minimum atomic E-state index is 0.447. The van der Waals surface area contributed by atoms with Gasteiger partial charge in [0.15, 0.2) is 0 Å². The molecule has 0 amide bonds. The zero-order chi connectivity index (χ0) is 14.8. The van der Waals surface area contributed by atoms with Crippen LogP contribution < -0.4 is 9.47 Å². The summed E-state index contributed by atoms with van der Waals surface area (Å²) in [7, 11) is 1.60. The molecule has 1 rings (SSSR count). The van der Waals surface area contributed by atoms with E-state index < -0.39 is 0 Å². The second kappa shape index (κ2) is 9.20. The molecule has 0 aromatic heterocycles. The molecular weight excluding hydrogens is 258 g/mol. The van der Waals surface area contributed by atoms with E-state index in [1.54, 1.807) is 32.2 Å². The molecule has 20 heavy (non-hydrogen) atoms. The predicted molar refractivity (Wildman–Crippen MR) is 78.2 cm³/mol. The molecule has 1 N–H and O–H groups in total. The Morgan fingerprint density at radius 1 is 1.25 bits per heavy atom. The van der Waals surface area contributed by atoms with Crippen molar-refractivity contribution < 1.29 is 19.4 Å². The van der Waals surface area contributed by atoms with Crippen molar-refractivity contribution in [3.05, 3.63) is 23.8 Å². The molecule has 0 saturated carbocycles. The summed E-state index contributed by atoms with van der Waals surface area (Å²) in [5, 5.41) is 12.1. The summed E-state index contributed by atoms with van der Waals surface area (Å²) in [6.45, 7) is 5.57. The number of hydrogen-bond acceptors (Lipinski definition) is 5. The number of methoxy groups -OCH3 is 1. The molecule has 5 heteroatoms. The fraction of sp³-hybridized carbons (Fsp3) is 0.533. The molecule has 0 aliphatic carbocycles. The van der Waals surface area contributed by atoms with Crippen LogP contribution in [0.4, 0.5) is 0 Å². The minimum absolute atomic E-state index is 0.447. The van der Waals surface area contributed by atoms with E-state index in [0.29, 0.717) is 30.4 Å². The van der Waals surface area contributed by atoms with E-state index in [1.807, 2.05) is 0 Å². The molecule has 0 unspecified atom stereocenters. The van der Waals surface area contributed by atoms with E-state index >= 15 is 0 Å². The number of oxime groups is 1. The zero-order valence-corrected chi connectivity index (χ0v) is 12.4. The van der Waals surface area contributed by atoms with Gasteiger partial charge in [0.2, 0.25) is 0 Å². The maximum absolute atomic E-state index is 8.88. The van der Waals surface area contributed by atoms with Crippen LogP contribution in [0.3, 0.4) is 0 Å². The summed E-state index contributed by atoms with van der Waals surface area (Å²) < 4.78 is 16.3. The van der Waals surface area contributed by atoms with Gasteiger partial charge in [-0.05, 0) is 25.5 Å². The number of ether oxygens (including phenoxy) is 3. The number of benzene rings is 1. The lowest BCUT2D eigenvalue weighted by molar-refractivity contribution is 0.0979. The first-order chi connectivity index (χ1) is 9.72. The van der Waals surface area contributed by atoms with E-state index in [4.69, 9.17) is 19.4 Å². The quantitative estimate of drug-likeness (QED) is 0.327. The lowest BCUT2D eigenvalue weighted by Crippen LogP contribution is -2.10. The molecule has 0 aliphatic rings. The van der Waals surface area contributed by atoms with Crippen molar-refractivity contribution in [2.24, 2.45) is 5.16 Å². The van der Waals surface area contributed by atoms with Gasteiger partial charge < -0.3 is 19.4 Å². The maximum Gasteiger partial charge on any atom is 0.132 e. The molecule has 0 fully saturated rings. The number of unbranched alkanes of at least 4 members (excludes halogenated alkanes) is 1. The van der Waals surface area contributed by atoms with Gasteiger partial charge in [-0.25, -0.2) is 0 Å². The van der Waals surface area contributed by atoms with E-state index in [1.165, 1.54) is 0 Å². The van der Waals surface area contributed by atoms with Crippen LogP contribution in [0.15, 0.2) is 23.4 Å². The van der Waals surface area contributed by atoms with Gasteiger partial charge in [-0.1, -0.05) is 18.5 Å². The van der Waals surface area contributed by atoms with Gasteiger partial charge in [0.05, 0.1) is 19.4 Å². The normalized spacial score (nSPS) is 11.4. The van der Waals surface area contributed by atoms with E-state index in [9.17, 15) is 0 Å². The topological polar surface area (TPSA) is 60.3 Å². The van der Waals surface area contributed by atoms with E-state index in [-0.39, 0.29) is 0 Å². The van der Waals surface area contributed by atoms with Crippen LogP contribution in [0.1, 0.15) is 32.3 Å². The summed E-state index contributed by atoms with van der Waals surface area (Å²) >= 11 is 0. The summed E-state index contributed by atoms with van der Waals surface area (Å²) in [6, 6.07) is 5.38. The van der Waals surface area contributed by atoms with Gasteiger partial charge in [-0.3, -0.25) is 0 Å². The maximum atomic E-state index is 8.88. The minimum Gasteiger partial charge on any atom is -0.497 e. The molecule has 0 radical (unpaired) electrons. The first-order valence-electron chi connectivity index (χ1n) is 6.80. The molecule has 1 aromatic rings. The second-order valence-corrected chi connectivity index (χ2v) is 4.36. The van der Waals surface area contributed by atoms with Crippen LogP contribution in [0.25, 0.3) is 0 Å². The molecule has 0 heterocycles. The van der Waals surface area contributed by atoms with Gasteiger partial charge in [0.1, 0.15) is 18.1 Å². The van der Waals surface area contributed by atoms with Gasteiger partial charge in [-0.2, -0.15) is 0 Å². The fourth-order valence-electron chi connectivity index (χ4n) is 1.66. The van der Waals surface area contributed by atoms with Crippen LogP contribution in [-0.2, 0) is 4.74 Å². The Kier molecular flexibility index (Phi) is 7.50. The lowest BCUT2D eigenvalue weighted by atomic mass is 10.1. The Bertz CT molecular complexity index is 432. The van der Waals surface area contributed by atoms with Crippen molar-refractivity contribution >= 4 is 5.71 Å². The average molecular weight is 281 g/mol. The summed E-state index contributed by atoms with van der Waals surface area (Å²) in [5.41, 5.74) is 1.23. The van der Waals surface area contributed by atoms with Crippen molar-refractivity contribution in [2.45, 2.75) is 26.7 Å². The van der Waals surface area contributed by atoms with Gasteiger partial charge >= 0.3 is 0 Å². The molecule has 0 bridgehead atoms. The Morgan fingerprint density at radius 3 is 2.70 bits per heavy atom. The van der Waals surface area contributed by atoms with Crippen LogP contribution in [-0.4, -0.2) is 37.8 Å². The molecule has 0 saturated heterocycles. The lowest BCUT2D eigenvalue weighted by Gasteiger charge is -2.12. The average Bonchev–Trinajstić information content (AvgIpc) is 2.49. The highest BCUT2D eigenvalue weighted by molar-refractivity contribution is 6.00. The molecular formula is C15H23NO4. The monoisotopic (exact) mass is 281 g/mol. The number of hydrogen-bond donors (Lipinski definition) is 1. The van der Waals surface area contributed by atoms with Crippen LogP contribution in [0, 0.1) is 0 Å². The number of rotatable bonds is 9. The molecule has 0 aliphatic heterocycles. The van der Waals surface area contributed by atoms with Crippen molar-refractivity contribution in [3.63, 3.8) is 0 Å². The zero-order valence-electron chi connectivity index (χ0n) is 12.4. The Hall–Kier alpha value is -1.75. The van der Waals surface area contributed by atoms with Crippen molar-refractivity contribution in [1.29, 1.82) is 0 Å². The molecule has 5 nitrogen and oxygen atoms in total. The van der Waals surface area contributed by atoms with E-state index in [2.05, 4.69) is 12.1 Å². The van der Waals surface area contributed by atoms with Crippen LogP contribution >= 0.6 is 0 Å². The SMILES string of the molecule is CCCCOCCOc1cc(OC)ccc1/C(C)=N/O. The van der Waals surface area contributed by atoms with Crippen molar-refractivity contribution in [1.82, 2.24) is 0 Å². The van der Waals surface area contributed by atoms with Gasteiger partial charge in [-0.15, -0.1) is 0 Å². The predicted octanol–water partition coefficient (Wildman–Crippen LogP) is 3.09. The third-order valence-electron chi connectivity index (χ3n) is 2.86.